The van der Waals surface area contributed by atoms with Gasteiger partial charge in [-0.3, -0.25) is 5.10 Å². The lowest BCUT2D eigenvalue weighted by atomic mass is 10.2. The average molecular weight is 434 g/mol. The van der Waals surface area contributed by atoms with Gasteiger partial charge in [0.25, 0.3) is 5.22 Å². The number of H-pyrrole nitrogens is 1. The average Bonchev–Trinajstić information content (AvgIpc) is 3.44. The van der Waals surface area contributed by atoms with Crippen molar-refractivity contribution in [2.45, 2.75) is 42.2 Å². The Morgan fingerprint density at radius 2 is 2.03 bits per heavy atom. The van der Waals surface area contributed by atoms with E-state index in [-0.39, 0.29) is 4.90 Å². The van der Waals surface area contributed by atoms with E-state index in [9.17, 15) is 8.42 Å². The predicted octanol–water partition coefficient (Wildman–Crippen LogP) is 3.36. The molecule has 3 heterocycles. The summed E-state index contributed by atoms with van der Waals surface area (Å²) in [4.78, 5) is 0.268. The Morgan fingerprint density at radius 3 is 2.83 bits per heavy atom. The fraction of sp³-hybridized carbons (Fsp3) is 0.421. The molecule has 8 nitrogen and oxygen atoms in total. The molecule has 4 rings (SSSR count). The van der Waals surface area contributed by atoms with E-state index in [1.165, 1.54) is 17.3 Å². The van der Waals surface area contributed by atoms with Gasteiger partial charge in [-0.1, -0.05) is 24.2 Å². The Balaban J connectivity index is 1.40. The molecule has 1 fully saturated rings. The van der Waals surface area contributed by atoms with Crippen LogP contribution in [0, 0.1) is 0 Å². The summed E-state index contributed by atoms with van der Waals surface area (Å²) in [7, 11) is -3.49. The predicted molar refractivity (Wildman–Crippen MR) is 110 cm³/mol. The summed E-state index contributed by atoms with van der Waals surface area (Å²) in [5.74, 6) is 1.17. The van der Waals surface area contributed by atoms with Crippen LogP contribution in [-0.4, -0.2) is 52.0 Å². The van der Waals surface area contributed by atoms with E-state index in [0.29, 0.717) is 29.8 Å². The molecule has 2 aromatic heterocycles. The highest BCUT2D eigenvalue weighted by molar-refractivity contribution is 7.99. The molecule has 0 atom stereocenters. The van der Waals surface area contributed by atoms with E-state index < -0.39 is 10.0 Å². The highest BCUT2D eigenvalue weighted by Gasteiger charge is 2.26. The van der Waals surface area contributed by atoms with Crippen molar-refractivity contribution in [3.05, 3.63) is 42.2 Å². The number of aromatic amines is 1. The normalized spacial score (nSPS) is 15.6. The van der Waals surface area contributed by atoms with Crippen molar-refractivity contribution in [2.24, 2.45) is 0 Å². The van der Waals surface area contributed by atoms with E-state index in [1.807, 2.05) is 12.4 Å². The Bertz CT molecular complexity index is 1030. The summed E-state index contributed by atoms with van der Waals surface area (Å²) < 4.78 is 33.1. The molecule has 0 aliphatic carbocycles. The Hall–Kier alpha value is -2.17. The summed E-state index contributed by atoms with van der Waals surface area (Å²) in [6.45, 7) is 1.15. The molecule has 0 spiro atoms. The molecule has 0 saturated carbocycles. The molecule has 0 radical (unpaired) electrons. The van der Waals surface area contributed by atoms with Crippen LogP contribution >= 0.6 is 11.8 Å². The number of hydrogen-bond acceptors (Lipinski definition) is 7. The zero-order valence-corrected chi connectivity index (χ0v) is 17.6. The minimum Gasteiger partial charge on any atom is -0.411 e. The van der Waals surface area contributed by atoms with E-state index in [4.69, 9.17) is 4.42 Å². The van der Waals surface area contributed by atoms with Crippen molar-refractivity contribution < 1.29 is 12.8 Å². The van der Waals surface area contributed by atoms with Gasteiger partial charge in [0.2, 0.25) is 15.9 Å². The maximum Gasteiger partial charge on any atom is 0.276 e. The first-order valence-corrected chi connectivity index (χ1v) is 12.1. The maximum absolute atomic E-state index is 12.9. The van der Waals surface area contributed by atoms with E-state index in [0.717, 1.165) is 37.9 Å². The number of sulfonamides is 1. The number of aryl methyl sites for hydroxylation is 1. The fourth-order valence-electron chi connectivity index (χ4n) is 3.28. The molecule has 0 amide bonds. The third-order valence-corrected chi connectivity index (χ3v) is 7.63. The molecule has 1 N–H and O–H groups in total. The van der Waals surface area contributed by atoms with Crippen LogP contribution in [0.1, 0.15) is 31.2 Å². The summed E-state index contributed by atoms with van der Waals surface area (Å²) in [5.41, 5.74) is 1.78. The van der Waals surface area contributed by atoms with Gasteiger partial charge >= 0.3 is 0 Å². The largest absolute Gasteiger partial charge is 0.411 e. The van der Waals surface area contributed by atoms with Crippen LogP contribution in [0.4, 0.5) is 0 Å². The minimum atomic E-state index is -3.49. The molecule has 10 heteroatoms. The lowest BCUT2D eigenvalue weighted by Crippen LogP contribution is -2.35. The molecule has 0 unspecified atom stereocenters. The topological polar surface area (TPSA) is 105 Å². The van der Waals surface area contributed by atoms with Crippen molar-refractivity contribution >= 4 is 21.8 Å². The van der Waals surface area contributed by atoms with E-state index >= 15 is 0 Å². The minimum absolute atomic E-state index is 0.268. The molecule has 154 valence electrons. The Morgan fingerprint density at radius 1 is 1.17 bits per heavy atom. The maximum atomic E-state index is 12.9. The monoisotopic (exact) mass is 433 g/mol. The van der Waals surface area contributed by atoms with Gasteiger partial charge in [-0.25, -0.2) is 8.42 Å². The number of piperidine rings is 1. The summed E-state index contributed by atoms with van der Waals surface area (Å²) >= 11 is 1.49. The van der Waals surface area contributed by atoms with Crippen LogP contribution in [0.15, 0.2) is 51.2 Å². The number of thioether (sulfide) groups is 1. The molecule has 29 heavy (non-hydrogen) atoms. The molecule has 0 bridgehead atoms. The molecule has 1 aromatic carbocycles. The SMILES string of the molecule is O=S(=O)(c1cccc(-c2nnc(SCCCc3cn[nH]c3)o2)c1)N1CCCCC1. The van der Waals surface area contributed by atoms with Crippen LogP contribution in [0.25, 0.3) is 11.5 Å². The third-order valence-electron chi connectivity index (χ3n) is 4.83. The first-order chi connectivity index (χ1) is 14.1. The standard InChI is InChI=1S/C19H23N5O3S2/c25-29(26,24-9-2-1-3-10-24)17-8-4-7-16(12-17)18-22-23-19(27-18)28-11-5-6-15-13-20-21-14-15/h4,7-8,12-14H,1-3,5-6,9-11H2,(H,20,21). The lowest BCUT2D eigenvalue weighted by Gasteiger charge is -2.25. The van der Waals surface area contributed by atoms with Gasteiger partial charge in [0, 0.05) is 30.6 Å². The summed E-state index contributed by atoms with van der Waals surface area (Å²) in [6, 6.07) is 6.74. The third kappa shape index (κ3) is 4.88. The summed E-state index contributed by atoms with van der Waals surface area (Å²) in [5, 5.41) is 15.4. The molecule has 1 aliphatic rings. The first-order valence-electron chi connectivity index (χ1n) is 9.67. The van der Waals surface area contributed by atoms with E-state index in [1.54, 1.807) is 28.6 Å². The Kier molecular flexibility index (Phi) is 6.31. The van der Waals surface area contributed by atoms with E-state index in [2.05, 4.69) is 20.4 Å². The van der Waals surface area contributed by atoms with Crippen molar-refractivity contribution in [3.63, 3.8) is 0 Å². The lowest BCUT2D eigenvalue weighted by molar-refractivity contribution is 0.346. The summed E-state index contributed by atoms with van der Waals surface area (Å²) in [6.07, 6.45) is 8.50. The quantitative estimate of drug-likeness (QED) is 0.429. The second-order valence-electron chi connectivity index (χ2n) is 6.92. The number of nitrogens with zero attached hydrogens (tertiary/aromatic N) is 4. The zero-order chi connectivity index (χ0) is 20.1. The van der Waals surface area contributed by atoms with Gasteiger partial charge in [0.15, 0.2) is 0 Å². The zero-order valence-electron chi connectivity index (χ0n) is 16.0. The molecular formula is C19H23N5O3S2. The highest BCUT2D eigenvalue weighted by atomic mass is 32.2. The van der Waals surface area contributed by atoms with Crippen molar-refractivity contribution in [2.75, 3.05) is 18.8 Å². The fourth-order valence-corrected chi connectivity index (χ4v) is 5.54. The molecule has 3 aromatic rings. The number of hydrogen-bond donors (Lipinski definition) is 1. The van der Waals surface area contributed by atoms with Gasteiger partial charge in [0.05, 0.1) is 11.1 Å². The van der Waals surface area contributed by atoms with Crippen LogP contribution in [0.5, 0.6) is 0 Å². The number of rotatable bonds is 8. The number of aromatic nitrogens is 4. The van der Waals surface area contributed by atoms with Crippen LogP contribution in [0.3, 0.4) is 0 Å². The van der Waals surface area contributed by atoms with Crippen molar-refractivity contribution in [1.82, 2.24) is 24.7 Å². The van der Waals surface area contributed by atoms with Crippen LogP contribution in [0.2, 0.25) is 0 Å². The molecular weight excluding hydrogens is 410 g/mol. The number of benzene rings is 1. The van der Waals surface area contributed by atoms with Crippen LogP contribution < -0.4 is 0 Å². The van der Waals surface area contributed by atoms with Crippen LogP contribution in [-0.2, 0) is 16.4 Å². The first kappa shape index (κ1) is 20.1. The Labute approximate surface area is 174 Å². The van der Waals surface area contributed by atoms with Gasteiger partial charge < -0.3 is 4.42 Å². The van der Waals surface area contributed by atoms with Gasteiger partial charge in [-0.2, -0.15) is 9.40 Å². The van der Waals surface area contributed by atoms with Crippen molar-refractivity contribution in [1.29, 1.82) is 0 Å². The van der Waals surface area contributed by atoms with Crippen molar-refractivity contribution in [3.8, 4) is 11.5 Å². The van der Waals surface area contributed by atoms with Gasteiger partial charge in [0.1, 0.15) is 0 Å². The molecule has 1 aliphatic heterocycles. The van der Waals surface area contributed by atoms with Gasteiger partial charge in [-0.15, -0.1) is 10.2 Å². The highest BCUT2D eigenvalue weighted by Crippen LogP contribution is 2.27. The number of nitrogens with one attached hydrogen (secondary N) is 1. The smallest absolute Gasteiger partial charge is 0.276 e. The van der Waals surface area contributed by atoms with Gasteiger partial charge in [-0.05, 0) is 49.4 Å². The second kappa shape index (κ2) is 9.10. The second-order valence-corrected chi connectivity index (χ2v) is 9.91. The molecule has 1 saturated heterocycles.